The van der Waals surface area contributed by atoms with Crippen LogP contribution in [0.5, 0.6) is 0 Å². The summed E-state index contributed by atoms with van der Waals surface area (Å²) in [5.74, 6) is 1.80. The van der Waals surface area contributed by atoms with Crippen LogP contribution in [-0.4, -0.2) is 56.1 Å². The maximum atomic E-state index is 4.66. The second kappa shape index (κ2) is 10.1. The van der Waals surface area contributed by atoms with Gasteiger partial charge in [-0.3, -0.25) is 9.89 Å². The third-order valence-electron chi connectivity index (χ3n) is 5.01. The maximum absolute atomic E-state index is 4.66. The number of hydrogen-bond donors (Lipinski definition) is 2. The molecule has 1 fully saturated rings. The number of rotatable bonds is 6. The molecule has 6 heteroatoms. The lowest BCUT2D eigenvalue weighted by Crippen LogP contribution is -2.50. The summed E-state index contributed by atoms with van der Waals surface area (Å²) in [7, 11) is 5.83. The van der Waals surface area contributed by atoms with Crippen LogP contribution in [0.25, 0.3) is 0 Å². The van der Waals surface area contributed by atoms with E-state index in [-0.39, 0.29) is 0 Å². The zero-order valence-electron chi connectivity index (χ0n) is 17.2. The number of likely N-dealkylation sites (tertiary alicyclic amines) is 1. The van der Waals surface area contributed by atoms with Gasteiger partial charge in [0.2, 0.25) is 0 Å². The average Bonchev–Trinajstić information content (AvgIpc) is 2.72. The summed E-state index contributed by atoms with van der Waals surface area (Å²) in [5.41, 5.74) is 2.38. The summed E-state index contributed by atoms with van der Waals surface area (Å²) in [4.78, 5) is 13.6. The standard InChI is InChI=1S/C22H32N6/c1-23-22(24-15-19-11-7-13-21(25-19)27(2)3)26-20-12-8-14-28(17-20)16-18-9-5-4-6-10-18/h4-7,9-11,13,20H,8,12,14-17H2,1-3H3,(H2,23,24,26). The van der Waals surface area contributed by atoms with Gasteiger partial charge in [0, 0.05) is 40.3 Å². The fraction of sp³-hybridized carbons (Fsp3) is 0.455. The maximum Gasteiger partial charge on any atom is 0.191 e. The molecule has 0 amide bonds. The van der Waals surface area contributed by atoms with Crippen LogP contribution in [0, 0.1) is 0 Å². The Morgan fingerprint density at radius 3 is 2.75 bits per heavy atom. The molecule has 0 spiro atoms. The minimum Gasteiger partial charge on any atom is -0.363 e. The molecule has 28 heavy (non-hydrogen) atoms. The number of aromatic nitrogens is 1. The van der Waals surface area contributed by atoms with Crippen molar-refractivity contribution in [2.75, 3.05) is 39.1 Å². The normalized spacial score (nSPS) is 18.0. The fourth-order valence-corrected chi connectivity index (χ4v) is 3.54. The van der Waals surface area contributed by atoms with Crippen molar-refractivity contribution in [1.29, 1.82) is 0 Å². The van der Waals surface area contributed by atoms with E-state index in [2.05, 4.69) is 55.8 Å². The average molecular weight is 381 g/mol. The number of hydrogen-bond acceptors (Lipinski definition) is 4. The van der Waals surface area contributed by atoms with E-state index in [0.717, 1.165) is 37.1 Å². The molecular formula is C22H32N6. The molecular weight excluding hydrogens is 348 g/mol. The molecule has 2 aromatic rings. The smallest absolute Gasteiger partial charge is 0.191 e. The van der Waals surface area contributed by atoms with E-state index < -0.39 is 0 Å². The molecule has 1 atom stereocenters. The number of guanidine groups is 1. The van der Waals surface area contributed by atoms with Crippen molar-refractivity contribution in [2.45, 2.75) is 32.0 Å². The first-order valence-electron chi connectivity index (χ1n) is 10.0. The third kappa shape index (κ3) is 5.96. The molecule has 6 nitrogen and oxygen atoms in total. The highest BCUT2D eigenvalue weighted by molar-refractivity contribution is 5.79. The predicted octanol–water partition coefficient (Wildman–Crippen LogP) is 2.48. The topological polar surface area (TPSA) is 55.8 Å². The van der Waals surface area contributed by atoms with E-state index in [0.29, 0.717) is 12.6 Å². The molecule has 0 radical (unpaired) electrons. The second-order valence-electron chi connectivity index (χ2n) is 7.51. The van der Waals surface area contributed by atoms with Gasteiger partial charge in [-0.25, -0.2) is 4.98 Å². The predicted molar refractivity (Wildman–Crippen MR) is 117 cm³/mol. The molecule has 1 aliphatic heterocycles. The summed E-state index contributed by atoms with van der Waals surface area (Å²) in [6.45, 7) is 3.85. The van der Waals surface area contributed by atoms with Crippen molar-refractivity contribution in [2.24, 2.45) is 4.99 Å². The molecule has 150 valence electrons. The van der Waals surface area contributed by atoms with Crippen LogP contribution in [0.3, 0.4) is 0 Å². The number of aliphatic imine (C=N–C) groups is 1. The Hall–Kier alpha value is -2.60. The Bertz CT molecular complexity index is 759. The molecule has 1 saturated heterocycles. The summed E-state index contributed by atoms with van der Waals surface area (Å²) < 4.78 is 0. The van der Waals surface area contributed by atoms with Gasteiger partial charge in [0.1, 0.15) is 5.82 Å². The highest BCUT2D eigenvalue weighted by atomic mass is 15.2. The van der Waals surface area contributed by atoms with Crippen molar-refractivity contribution in [1.82, 2.24) is 20.5 Å². The van der Waals surface area contributed by atoms with Crippen molar-refractivity contribution < 1.29 is 0 Å². The van der Waals surface area contributed by atoms with Crippen molar-refractivity contribution in [3.8, 4) is 0 Å². The van der Waals surface area contributed by atoms with Crippen molar-refractivity contribution in [3.63, 3.8) is 0 Å². The minimum absolute atomic E-state index is 0.407. The van der Waals surface area contributed by atoms with Crippen molar-refractivity contribution >= 4 is 11.8 Å². The van der Waals surface area contributed by atoms with Crippen LogP contribution >= 0.6 is 0 Å². The molecule has 3 rings (SSSR count). The minimum atomic E-state index is 0.407. The second-order valence-corrected chi connectivity index (χ2v) is 7.51. The van der Waals surface area contributed by atoms with Crippen LogP contribution in [0.1, 0.15) is 24.1 Å². The van der Waals surface area contributed by atoms with Crippen LogP contribution in [-0.2, 0) is 13.1 Å². The molecule has 1 aromatic carbocycles. The number of nitrogens with zero attached hydrogens (tertiary/aromatic N) is 4. The highest BCUT2D eigenvalue weighted by Crippen LogP contribution is 2.14. The van der Waals surface area contributed by atoms with Crippen molar-refractivity contribution in [3.05, 3.63) is 59.8 Å². The first-order chi connectivity index (χ1) is 13.6. The quantitative estimate of drug-likeness (QED) is 0.596. The number of piperidine rings is 1. The summed E-state index contributed by atoms with van der Waals surface area (Å²) in [6.07, 6.45) is 2.37. The molecule has 2 heterocycles. The van der Waals surface area contributed by atoms with E-state index in [9.17, 15) is 0 Å². The zero-order chi connectivity index (χ0) is 19.8. The van der Waals surface area contributed by atoms with Gasteiger partial charge in [0.25, 0.3) is 0 Å². The first-order valence-corrected chi connectivity index (χ1v) is 10.0. The van der Waals surface area contributed by atoms with Crippen LogP contribution < -0.4 is 15.5 Å². The van der Waals surface area contributed by atoms with E-state index in [1.165, 1.54) is 18.4 Å². The highest BCUT2D eigenvalue weighted by Gasteiger charge is 2.20. The molecule has 0 saturated carbocycles. The van der Waals surface area contributed by atoms with Gasteiger partial charge in [-0.15, -0.1) is 0 Å². The number of pyridine rings is 1. The number of nitrogens with one attached hydrogen (secondary N) is 2. The van der Waals surface area contributed by atoms with Crippen LogP contribution in [0.2, 0.25) is 0 Å². The SMILES string of the molecule is CN=C(NCc1cccc(N(C)C)n1)NC1CCCN(Cc2ccccc2)C1. The lowest BCUT2D eigenvalue weighted by Gasteiger charge is -2.34. The van der Waals surface area contributed by atoms with Crippen LogP contribution in [0.15, 0.2) is 53.5 Å². The Labute approximate surface area is 168 Å². The molecule has 1 aromatic heterocycles. The Morgan fingerprint density at radius 2 is 2.00 bits per heavy atom. The van der Waals surface area contributed by atoms with Gasteiger partial charge in [-0.1, -0.05) is 36.4 Å². The molecule has 0 aliphatic carbocycles. The molecule has 1 unspecified atom stereocenters. The number of benzene rings is 1. The van der Waals surface area contributed by atoms with Gasteiger partial charge >= 0.3 is 0 Å². The van der Waals surface area contributed by atoms with E-state index >= 15 is 0 Å². The van der Waals surface area contributed by atoms with Gasteiger partial charge in [0.05, 0.1) is 12.2 Å². The molecule has 1 aliphatic rings. The number of anilines is 1. The monoisotopic (exact) mass is 380 g/mol. The zero-order valence-corrected chi connectivity index (χ0v) is 17.2. The van der Waals surface area contributed by atoms with Gasteiger partial charge in [0.15, 0.2) is 5.96 Å². The van der Waals surface area contributed by atoms with E-state index in [4.69, 9.17) is 0 Å². The van der Waals surface area contributed by atoms with Gasteiger partial charge in [-0.2, -0.15) is 0 Å². The summed E-state index contributed by atoms with van der Waals surface area (Å²) >= 11 is 0. The fourth-order valence-electron chi connectivity index (χ4n) is 3.54. The van der Waals surface area contributed by atoms with Crippen LogP contribution in [0.4, 0.5) is 5.82 Å². The first kappa shape index (κ1) is 20.1. The Kier molecular flexibility index (Phi) is 7.25. The van der Waals surface area contributed by atoms with Gasteiger partial charge in [-0.05, 0) is 37.1 Å². The largest absolute Gasteiger partial charge is 0.363 e. The Balaban J connectivity index is 1.50. The Morgan fingerprint density at radius 1 is 1.18 bits per heavy atom. The third-order valence-corrected chi connectivity index (χ3v) is 5.01. The molecule has 2 N–H and O–H groups in total. The summed E-state index contributed by atoms with van der Waals surface area (Å²) in [6, 6.07) is 17.2. The van der Waals surface area contributed by atoms with E-state index in [1.54, 1.807) is 0 Å². The summed E-state index contributed by atoms with van der Waals surface area (Å²) in [5, 5.41) is 6.99. The lowest BCUT2D eigenvalue weighted by molar-refractivity contribution is 0.192. The lowest BCUT2D eigenvalue weighted by atomic mass is 10.0. The molecule has 0 bridgehead atoms. The van der Waals surface area contributed by atoms with E-state index in [1.807, 2.05) is 44.2 Å². The van der Waals surface area contributed by atoms with Gasteiger partial charge < -0.3 is 15.5 Å².